The molecule has 4 aliphatic rings. The average Bonchev–Trinajstić information content (AvgIpc) is 3.00. The normalized spacial score (nSPS) is 44.7. The summed E-state index contributed by atoms with van der Waals surface area (Å²) in [7, 11) is 0. The van der Waals surface area contributed by atoms with Gasteiger partial charge in [0.15, 0.2) is 5.78 Å². The lowest BCUT2D eigenvalue weighted by Gasteiger charge is -2.59. The van der Waals surface area contributed by atoms with Crippen molar-refractivity contribution in [3.8, 4) is 0 Å². The van der Waals surface area contributed by atoms with E-state index >= 15 is 0 Å². The van der Waals surface area contributed by atoms with Crippen molar-refractivity contribution in [2.75, 3.05) is 6.61 Å². The Labute approximate surface area is 157 Å². The summed E-state index contributed by atoms with van der Waals surface area (Å²) < 4.78 is 0. The number of allylic oxidation sites excluding steroid dienone is 1. The first-order valence-electron chi connectivity index (χ1n) is 10.8. The Morgan fingerprint density at radius 2 is 1.96 bits per heavy atom. The molecule has 0 saturated heterocycles. The Balaban J connectivity index is 1.67. The van der Waals surface area contributed by atoms with E-state index in [0.29, 0.717) is 35.7 Å². The van der Waals surface area contributed by atoms with Crippen LogP contribution < -0.4 is 0 Å². The first-order valence-corrected chi connectivity index (χ1v) is 10.8. The molecule has 0 unspecified atom stereocenters. The second-order valence-electron chi connectivity index (χ2n) is 9.81. The molecular formula is C23H34O3. The van der Waals surface area contributed by atoms with Gasteiger partial charge in [-0.2, -0.15) is 0 Å². The number of Topliss-reactive ketones (excluding diaryl/α,β-unsaturated/α-hetero) is 1. The van der Waals surface area contributed by atoms with Gasteiger partial charge < -0.3 is 5.11 Å². The zero-order valence-corrected chi connectivity index (χ0v) is 16.4. The van der Waals surface area contributed by atoms with E-state index in [4.69, 9.17) is 0 Å². The van der Waals surface area contributed by atoms with Crippen LogP contribution in [0, 0.1) is 34.5 Å². The van der Waals surface area contributed by atoms with Crippen LogP contribution in [0.25, 0.3) is 0 Å². The molecule has 3 fully saturated rings. The Kier molecular flexibility index (Phi) is 4.66. The van der Waals surface area contributed by atoms with Crippen molar-refractivity contribution in [2.45, 2.75) is 78.1 Å². The standard InChI is InChI=1S/C23H34O3/c1-15(25)19-6-7-21-18-5-4-16-14-17(26)8-11-22(16,2)20(18)9-12-23(19,21)10-3-13-24/h14,18-21,24H,3-13H2,1-2H3/t18-,19-,20+,21+,22+,23-/m1/s1. The van der Waals surface area contributed by atoms with Crippen molar-refractivity contribution in [1.29, 1.82) is 0 Å². The molecule has 6 atom stereocenters. The van der Waals surface area contributed by atoms with Crippen LogP contribution in [0.2, 0.25) is 0 Å². The number of fused-ring (bicyclic) bond motifs is 5. The summed E-state index contributed by atoms with van der Waals surface area (Å²) in [6, 6.07) is 0. The number of hydrogen-bond acceptors (Lipinski definition) is 3. The van der Waals surface area contributed by atoms with Crippen molar-refractivity contribution < 1.29 is 14.7 Å². The maximum Gasteiger partial charge on any atom is 0.155 e. The third kappa shape index (κ3) is 2.57. The SMILES string of the molecule is CC(=O)[C@H]1CC[C@H]2[C@@H]3CCC4=CC(=O)CC[C@]4(C)[C@H]3CC[C@]12CCCO. The minimum Gasteiger partial charge on any atom is -0.396 e. The second kappa shape index (κ2) is 6.58. The fraction of sp³-hybridized carbons (Fsp3) is 0.826. The largest absolute Gasteiger partial charge is 0.396 e. The fourth-order valence-electron chi connectivity index (χ4n) is 7.87. The number of hydrogen-bond donors (Lipinski definition) is 1. The molecule has 0 amide bonds. The van der Waals surface area contributed by atoms with Gasteiger partial charge in [0, 0.05) is 18.9 Å². The van der Waals surface area contributed by atoms with Gasteiger partial charge in [0.05, 0.1) is 0 Å². The van der Waals surface area contributed by atoms with Crippen molar-refractivity contribution in [3.05, 3.63) is 11.6 Å². The number of aliphatic hydroxyl groups is 1. The van der Waals surface area contributed by atoms with E-state index in [1.807, 2.05) is 6.08 Å². The van der Waals surface area contributed by atoms with Gasteiger partial charge in [-0.05, 0) is 99.4 Å². The van der Waals surface area contributed by atoms with Crippen molar-refractivity contribution >= 4 is 11.6 Å². The first kappa shape index (κ1) is 18.4. The third-order valence-electron chi connectivity index (χ3n) is 8.97. The van der Waals surface area contributed by atoms with Gasteiger partial charge in [-0.15, -0.1) is 0 Å². The molecule has 0 aromatic carbocycles. The molecule has 3 saturated carbocycles. The van der Waals surface area contributed by atoms with Gasteiger partial charge in [-0.1, -0.05) is 12.5 Å². The number of carbonyl (C=O) groups excluding carboxylic acids is 2. The lowest BCUT2D eigenvalue weighted by molar-refractivity contribution is -0.130. The first-order chi connectivity index (χ1) is 12.4. The Morgan fingerprint density at radius 1 is 1.15 bits per heavy atom. The second-order valence-corrected chi connectivity index (χ2v) is 9.81. The predicted molar refractivity (Wildman–Crippen MR) is 102 cm³/mol. The molecular weight excluding hydrogens is 324 g/mol. The summed E-state index contributed by atoms with van der Waals surface area (Å²) >= 11 is 0. The van der Waals surface area contributed by atoms with Gasteiger partial charge >= 0.3 is 0 Å². The maximum absolute atomic E-state index is 12.4. The van der Waals surface area contributed by atoms with Gasteiger partial charge in [0.1, 0.15) is 5.78 Å². The average molecular weight is 359 g/mol. The summed E-state index contributed by atoms with van der Waals surface area (Å²) in [6.45, 7) is 4.44. The Hall–Kier alpha value is -0.960. The molecule has 0 bridgehead atoms. The van der Waals surface area contributed by atoms with E-state index in [-0.39, 0.29) is 23.4 Å². The zero-order valence-electron chi connectivity index (χ0n) is 16.4. The Bertz CT molecular complexity index is 635. The third-order valence-corrected chi connectivity index (χ3v) is 8.97. The molecule has 26 heavy (non-hydrogen) atoms. The number of ketones is 2. The summed E-state index contributed by atoms with van der Waals surface area (Å²) in [4.78, 5) is 24.4. The Morgan fingerprint density at radius 3 is 2.69 bits per heavy atom. The van der Waals surface area contributed by atoms with Gasteiger partial charge in [-0.3, -0.25) is 9.59 Å². The van der Waals surface area contributed by atoms with E-state index in [2.05, 4.69) is 6.92 Å². The summed E-state index contributed by atoms with van der Waals surface area (Å²) in [6.07, 6.45) is 12.4. The molecule has 4 aliphatic carbocycles. The fourth-order valence-corrected chi connectivity index (χ4v) is 7.87. The predicted octanol–water partition coefficient (Wildman–Crippen LogP) is 4.48. The molecule has 0 aliphatic heterocycles. The monoisotopic (exact) mass is 358 g/mol. The molecule has 0 aromatic rings. The highest BCUT2D eigenvalue weighted by Crippen LogP contribution is 2.68. The van der Waals surface area contributed by atoms with Crippen LogP contribution >= 0.6 is 0 Å². The molecule has 1 N–H and O–H groups in total. The lowest BCUT2D eigenvalue weighted by atomic mass is 9.46. The van der Waals surface area contributed by atoms with Crippen molar-refractivity contribution in [1.82, 2.24) is 0 Å². The zero-order chi connectivity index (χ0) is 18.5. The van der Waals surface area contributed by atoms with E-state index in [9.17, 15) is 14.7 Å². The van der Waals surface area contributed by atoms with Crippen LogP contribution in [0.15, 0.2) is 11.6 Å². The molecule has 0 radical (unpaired) electrons. The molecule has 144 valence electrons. The highest BCUT2D eigenvalue weighted by atomic mass is 16.3. The number of carbonyl (C=O) groups is 2. The van der Waals surface area contributed by atoms with E-state index in [1.165, 1.54) is 24.8 Å². The minimum atomic E-state index is 0.137. The van der Waals surface area contributed by atoms with Gasteiger partial charge in [0.2, 0.25) is 0 Å². The number of aliphatic hydroxyl groups excluding tert-OH is 1. The van der Waals surface area contributed by atoms with Crippen LogP contribution in [0.3, 0.4) is 0 Å². The van der Waals surface area contributed by atoms with Crippen LogP contribution in [-0.4, -0.2) is 23.3 Å². The van der Waals surface area contributed by atoms with Gasteiger partial charge in [0.25, 0.3) is 0 Å². The quantitative estimate of drug-likeness (QED) is 0.806. The van der Waals surface area contributed by atoms with E-state index in [0.717, 1.165) is 38.5 Å². The highest BCUT2D eigenvalue weighted by molar-refractivity contribution is 5.91. The smallest absolute Gasteiger partial charge is 0.155 e. The topological polar surface area (TPSA) is 54.4 Å². The number of rotatable bonds is 4. The highest BCUT2D eigenvalue weighted by Gasteiger charge is 2.61. The van der Waals surface area contributed by atoms with Crippen LogP contribution in [0.4, 0.5) is 0 Å². The van der Waals surface area contributed by atoms with E-state index < -0.39 is 0 Å². The van der Waals surface area contributed by atoms with Crippen molar-refractivity contribution in [2.24, 2.45) is 34.5 Å². The maximum atomic E-state index is 12.4. The molecule has 0 aromatic heterocycles. The van der Waals surface area contributed by atoms with Crippen molar-refractivity contribution in [3.63, 3.8) is 0 Å². The van der Waals surface area contributed by atoms with E-state index in [1.54, 1.807) is 6.92 Å². The summed E-state index contributed by atoms with van der Waals surface area (Å²) in [5.41, 5.74) is 1.76. The van der Waals surface area contributed by atoms with Crippen LogP contribution in [0.1, 0.15) is 78.1 Å². The van der Waals surface area contributed by atoms with Gasteiger partial charge in [-0.25, -0.2) is 0 Å². The molecule has 0 spiro atoms. The minimum absolute atomic E-state index is 0.137. The van der Waals surface area contributed by atoms with Crippen LogP contribution in [-0.2, 0) is 9.59 Å². The lowest BCUT2D eigenvalue weighted by Crippen LogP contribution is -2.52. The molecule has 3 nitrogen and oxygen atoms in total. The molecule has 4 rings (SSSR count). The summed E-state index contributed by atoms with van der Waals surface area (Å²) in [5.74, 6) is 2.90. The summed E-state index contributed by atoms with van der Waals surface area (Å²) in [5, 5.41) is 9.47. The van der Waals surface area contributed by atoms with Crippen LogP contribution in [0.5, 0.6) is 0 Å². The molecule has 3 heteroatoms. The molecule has 0 heterocycles.